The molecule has 0 aliphatic rings. The van der Waals surface area contributed by atoms with Crippen LogP contribution < -0.4 is 4.31 Å². The highest BCUT2D eigenvalue weighted by Gasteiger charge is 2.28. The summed E-state index contributed by atoms with van der Waals surface area (Å²) in [5, 5.41) is -0.0878. The van der Waals surface area contributed by atoms with E-state index in [-0.39, 0.29) is 20.6 Å². The maximum absolute atomic E-state index is 13.8. The number of hydrogen-bond donors (Lipinski definition) is 0. The summed E-state index contributed by atoms with van der Waals surface area (Å²) in [5.74, 6) is -0.659. The molecule has 0 aliphatic carbocycles. The fraction of sp³-hybridized carbons (Fsp3) is 0.0769. The Hall–Kier alpha value is -0.820. The topological polar surface area (TPSA) is 37.4 Å². The van der Waals surface area contributed by atoms with Crippen LogP contribution in [0.4, 0.5) is 10.1 Å². The fourth-order valence-corrected chi connectivity index (χ4v) is 4.83. The first kappa shape index (κ1) is 16.5. The molecular formula is C13H9BrCl2FNO2S. The molecule has 0 saturated carbocycles. The van der Waals surface area contributed by atoms with Crippen LogP contribution in [0.5, 0.6) is 0 Å². The van der Waals surface area contributed by atoms with Crippen molar-refractivity contribution in [3.05, 3.63) is 56.7 Å². The van der Waals surface area contributed by atoms with E-state index < -0.39 is 15.8 Å². The molecule has 0 saturated heterocycles. The van der Waals surface area contributed by atoms with Gasteiger partial charge in [-0.1, -0.05) is 51.3 Å². The molecule has 0 fully saturated rings. The van der Waals surface area contributed by atoms with Gasteiger partial charge in [0, 0.05) is 11.5 Å². The van der Waals surface area contributed by atoms with Gasteiger partial charge in [0.1, 0.15) is 10.7 Å². The van der Waals surface area contributed by atoms with Crippen LogP contribution in [-0.2, 0) is 10.0 Å². The van der Waals surface area contributed by atoms with Crippen LogP contribution in [0.15, 0.2) is 45.8 Å². The Labute approximate surface area is 140 Å². The third-order valence-corrected chi connectivity index (χ3v) is 5.92. The highest BCUT2D eigenvalue weighted by atomic mass is 79.9. The predicted molar refractivity (Wildman–Crippen MR) is 86.2 cm³/mol. The Morgan fingerprint density at radius 1 is 1.14 bits per heavy atom. The summed E-state index contributed by atoms with van der Waals surface area (Å²) in [6.07, 6.45) is 0. The van der Waals surface area contributed by atoms with Gasteiger partial charge in [-0.3, -0.25) is 4.31 Å². The van der Waals surface area contributed by atoms with Gasteiger partial charge < -0.3 is 0 Å². The molecule has 0 spiro atoms. The molecule has 0 aliphatic heterocycles. The molecule has 0 atom stereocenters. The van der Waals surface area contributed by atoms with Gasteiger partial charge in [-0.25, -0.2) is 12.8 Å². The molecule has 0 aromatic heterocycles. The first-order valence-electron chi connectivity index (χ1n) is 5.63. The summed E-state index contributed by atoms with van der Waals surface area (Å²) >= 11 is 15.1. The van der Waals surface area contributed by atoms with Crippen molar-refractivity contribution in [1.29, 1.82) is 0 Å². The Kier molecular flexibility index (Phi) is 4.82. The fourth-order valence-electron chi connectivity index (χ4n) is 1.75. The molecule has 0 radical (unpaired) electrons. The number of sulfonamides is 1. The summed E-state index contributed by atoms with van der Waals surface area (Å²) in [5.41, 5.74) is -0.0902. The Morgan fingerprint density at radius 3 is 2.19 bits per heavy atom. The number of halogens is 4. The first-order valence-corrected chi connectivity index (χ1v) is 8.62. The lowest BCUT2D eigenvalue weighted by Crippen LogP contribution is -2.28. The molecule has 2 rings (SSSR count). The van der Waals surface area contributed by atoms with Crippen LogP contribution >= 0.6 is 39.1 Å². The molecule has 0 bridgehead atoms. The average Bonchev–Trinajstić information content (AvgIpc) is 2.36. The maximum Gasteiger partial charge on any atom is 0.267 e. The van der Waals surface area contributed by atoms with Crippen molar-refractivity contribution in [2.75, 3.05) is 11.4 Å². The summed E-state index contributed by atoms with van der Waals surface area (Å²) in [4.78, 5) is -0.264. The summed E-state index contributed by atoms with van der Waals surface area (Å²) < 4.78 is 40.4. The van der Waals surface area contributed by atoms with Crippen LogP contribution in [-0.4, -0.2) is 15.5 Å². The molecule has 0 unspecified atom stereocenters. The maximum atomic E-state index is 13.8. The molecule has 8 heteroatoms. The van der Waals surface area contributed by atoms with E-state index in [1.165, 1.54) is 43.4 Å². The Morgan fingerprint density at radius 2 is 1.67 bits per heavy atom. The molecule has 3 nitrogen and oxygen atoms in total. The van der Waals surface area contributed by atoms with Crippen LogP contribution in [0.3, 0.4) is 0 Å². The lowest BCUT2D eigenvalue weighted by Gasteiger charge is -2.21. The quantitative estimate of drug-likeness (QED) is 0.731. The molecule has 0 amide bonds. The predicted octanol–water partition coefficient (Wildman–Crippen LogP) is 4.72. The van der Waals surface area contributed by atoms with E-state index in [2.05, 4.69) is 15.9 Å². The first-order chi connectivity index (χ1) is 9.75. The molecule has 2 aromatic rings. The second kappa shape index (κ2) is 6.12. The lowest BCUT2D eigenvalue weighted by atomic mass is 10.3. The monoisotopic (exact) mass is 411 g/mol. The Balaban J connectivity index is 2.61. The number of rotatable bonds is 3. The van der Waals surface area contributed by atoms with Crippen LogP contribution in [0.25, 0.3) is 0 Å². The minimum atomic E-state index is -4.08. The second-order valence-electron chi connectivity index (χ2n) is 4.12. The molecule has 0 N–H and O–H groups in total. The smallest absolute Gasteiger partial charge is 0.266 e. The van der Waals surface area contributed by atoms with Gasteiger partial charge in [-0.15, -0.1) is 0 Å². The molecule has 112 valence electrons. The van der Waals surface area contributed by atoms with E-state index in [1.807, 2.05) is 0 Å². The van der Waals surface area contributed by atoms with Gasteiger partial charge in [0.2, 0.25) is 0 Å². The van der Waals surface area contributed by atoms with Crippen LogP contribution in [0.2, 0.25) is 10.0 Å². The van der Waals surface area contributed by atoms with E-state index in [9.17, 15) is 12.8 Å². The van der Waals surface area contributed by atoms with Crippen LogP contribution in [0.1, 0.15) is 0 Å². The van der Waals surface area contributed by atoms with Crippen molar-refractivity contribution in [2.45, 2.75) is 4.90 Å². The SMILES string of the molecule is CN(c1ccccc1F)S(=O)(=O)c1c(Cl)cc(Br)cc1Cl. The third kappa shape index (κ3) is 3.18. The van der Waals surface area contributed by atoms with Gasteiger partial charge in [0.25, 0.3) is 10.0 Å². The highest BCUT2D eigenvalue weighted by Crippen LogP contribution is 2.36. The van der Waals surface area contributed by atoms with Gasteiger partial charge in [0.15, 0.2) is 0 Å². The van der Waals surface area contributed by atoms with Crippen LogP contribution in [0, 0.1) is 5.82 Å². The normalized spacial score (nSPS) is 11.5. The van der Waals surface area contributed by atoms with E-state index >= 15 is 0 Å². The van der Waals surface area contributed by atoms with Crippen molar-refractivity contribution in [3.63, 3.8) is 0 Å². The largest absolute Gasteiger partial charge is 0.267 e. The number of para-hydroxylation sites is 1. The standard InChI is InChI=1S/C13H9BrCl2FNO2S/c1-18(12-5-3-2-4-11(12)17)21(19,20)13-9(15)6-8(14)7-10(13)16/h2-7H,1H3. The van der Waals surface area contributed by atoms with Gasteiger partial charge in [0.05, 0.1) is 15.7 Å². The highest BCUT2D eigenvalue weighted by molar-refractivity contribution is 9.10. The molecule has 0 heterocycles. The van der Waals surface area contributed by atoms with E-state index in [0.29, 0.717) is 4.47 Å². The van der Waals surface area contributed by atoms with E-state index in [4.69, 9.17) is 23.2 Å². The second-order valence-corrected chi connectivity index (χ2v) is 7.76. The minimum absolute atomic E-state index is 0.0439. The van der Waals surface area contributed by atoms with Crippen molar-refractivity contribution in [2.24, 2.45) is 0 Å². The van der Waals surface area contributed by atoms with Gasteiger partial charge >= 0.3 is 0 Å². The zero-order valence-electron chi connectivity index (χ0n) is 10.6. The molecule has 2 aromatic carbocycles. The van der Waals surface area contributed by atoms with Crippen molar-refractivity contribution in [3.8, 4) is 0 Å². The average molecular weight is 413 g/mol. The Bertz CT molecular complexity index is 776. The van der Waals surface area contributed by atoms with Crippen molar-refractivity contribution in [1.82, 2.24) is 0 Å². The zero-order valence-corrected chi connectivity index (χ0v) is 14.6. The van der Waals surface area contributed by atoms with E-state index in [0.717, 1.165) is 4.31 Å². The lowest BCUT2D eigenvalue weighted by molar-refractivity contribution is 0.590. The number of hydrogen-bond acceptors (Lipinski definition) is 2. The van der Waals surface area contributed by atoms with Crippen molar-refractivity contribution < 1.29 is 12.8 Å². The zero-order chi connectivity index (χ0) is 15.8. The minimum Gasteiger partial charge on any atom is -0.266 e. The molecular weight excluding hydrogens is 404 g/mol. The third-order valence-electron chi connectivity index (χ3n) is 2.77. The number of anilines is 1. The number of benzene rings is 2. The number of nitrogens with zero attached hydrogens (tertiary/aromatic N) is 1. The summed E-state index contributed by atoms with van der Waals surface area (Å²) in [7, 11) is -2.85. The van der Waals surface area contributed by atoms with Gasteiger partial charge in [-0.2, -0.15) is 0 Å². The summed E-state index contributed by atoms with van der Waals surface area (Å²) in [6.45, 7) is 0. The molecule has 21 heavy (non-hydrogen) atoms. The van der Waals surface area contributed by atoms with E-state index in [1.54, 1.807) is 0 Å². The van der Waals surface area contributed by atoms with Gasteiger partial charge in [-0.05, 0) is 24.3 Å². The van der Waals surface area contributed by atoms with Crippen molar-refractivity contribution >= 4 is 54.8 Å². The summed E-state index contributed by atoms with van der Waals surface area (Å²) in [6, 6.07) is 8.36.